The molecule has 0 aliphatic rings. The number of benzene rings is 2. The minimum atomic E-state index is -0.138. The largest absolute Gasteiger partial charge is 0.334 e. The molecule has 0 amide bonds. The van der Waals surface area contributed by atoms with Crippen LogP contribution in [0.25, 0.3) is 28.3 Å². The molecule has 0 aliphatic heterocycles. The van der Waals surface area contributed by atoms with Crippen molar-refractivity contribution in [1.29, 1.82) is 0 Å². The summed E-state index contributed by atoms with van der Waals surface area (Å²) < 4.78 is 3.37. The number of unbranched alkanes of at least 4 members (excludes halogenated alkanes) is 1. The summed E-state index contributed by atoms with van der Waals surface area (Å²) in [6, 6.07) is 21.3. The van der Waals surface area contributed by atoms with Crippen LogP contribution in [0, 0.1) is 0 Å². The molecule has 0 saturated heterocycles. The minimum absolute atomic E-state index is 0.138. The molecule has 176 valence electrons. The fourth-order valence-electron chi connectivity index (χ4n) is 4.16. The molecule has 0 fully saturated rings. The Balaban J connectivity index is 1.49. The number of aromatic amines is 1. The Morgan fingerprint density at radius 3 is 2.51 bits per heavy atom. The fraction of sp³-hybridized carbons (Fsp3) is 0.192. The van der Waals surface area contributed by atoms with E-state index in [9.17, 15) is 4.79 Å². The van der Waals surface area contributed by atoms with E-state index in [0.29, 0.717) is 17.5 Å². The van der Waals surface area contributed by atoms with E-state index in [0.717, 1.165) is 53.0 Å². The molecular weight excluding hydrogens is 462 g/mol. The summed E-state index contributed by atoms with van der Waals surface area (Å²) in [7, 11) is 0. The summed E-state index contributed by atoms with van der Waals surface area (Å²) in [5.74, 6) is 0.557. The number of pyridine rings is 1. The van der Waals surface area contributed by atoms with Crippen molar-refractivity contribution < 1.29 is 0 Å². The standard InChI is InChI=1S/C26H24ClN7O/c1-2-3-11-22-24(27)34(20-8-5-4-6-9-20)26(35)33(22)17-18-12-14-19(15-13-18)23-21(10-7-16-28-23)25-29-31-32-30-25/h4-10,12-16H,2-3,11,17H2,1H3,(H,29,30,31,32). The van der Waals surface area contributed by atoms with Gasteiger partial charge in [-0.15, -0.1) is 5.10 Å². The first-order valence-electron chi connectivity index (χ1n) is 11.5. The van der Waals surface area contributed by atoms with E-state index in [-0.39, 0.29) is 5.69 Å². The number of hydrogen-bond donors (Lipinski definition) is 1. The molecule has 5 rings (SSSR count). The molecule has 0 atom stereocenters. The van der Waals surface area contributed by atoms with Gasteiger partial charge in [-0.25, -0.2) is 9.89 Å². The summed E-state index contributed by atoms with van der Waals surface area (Å²) in [6.45, 7) is 2.56. The van der Waals surface area contributed by atoms with Crippen LogP contribution in [0.15, 0.2) is 77.7 Å². The molecule has 2 aromatic carbocycles. The Bertz CT molecular complexity index is 1470. The highest BCUT2D eigenvalue weighted by molar-refractivity contribution is 6.30. The zero-order chi connectivity index (χ0) is 24.2. The van der Waals surface area contributed by atoms with E-state index in [1.807, 2.05) is 66.7 Å². The van der Waals surface area contributed by atoms with Crippen molar-refractivity contribution >= 4 is 11.6 Å². The average Bonchev–Trinajstić information content (AvgIpc) is 3.51. The van der Waals surface area contributed by atoms with Crippen molar-refractivity contribution in [2.75, 3.05) is 0 Å². The van der Waals surface area contributed by atoms with Crippen LogP contribution in [0.3, 0.4) is 0 Å². The van der Waals surface area contributed by atoms with Crippen molar-refractivity contribution in [3.8, 4) is 28.3 Å². The number of aromatic nitrogens is 7. The van der Waals surface area contributed by atoms with Gasteiger partial charge in [-0.2, -0.15) is 0 Å². The summed E-state index contributed by atoms with van der Waals surface area (Å²) in [5.41, 5.74) is 5.00. The van der Waals surface area contributed by atoms with E-state index in [2.05, 4.69) is 32.5 Å². The van der Waals surface area contributed by atoms with E-state index < -0.39 is 0 Å². The maximum absolute atomic E-state index is 13.5. The van der Waals surface area contributed by atoms with Crippen molar-refractivity contribution in [3.63, 3.8) is 0 Å². The van der Waals surface area contributed by atoms with Gasteiger partial charge in [0.05, 0.1) is 23.6 Å². The Labute approximate surface area is 207 Å². The Morgan fingerprint density at radius 2 is 1.80 bits per heavy atom. The molecule has 0 unspecified atom stereocenters. The molecule has 3 aromatic heterocycles. The average molecular weight is 486 g/mol. The van der Waals surface area contributed by atoms with Crippen LogP contribution in [0.1, 0.15) is 31.0 Å². The van der Waals surface area contributed by atoms with Gasteiger partial charge in [0, 0.05) is 17.3 Å². The number of imidazole rings is 1. The summed E-state index contributed by atoms with van der Waals surface area (Å²) >= 11 is 6.76. The summed E-state index contributed by atoms with van der Waals surface area (Å²) in [5, 5.41) is 14.6. The predicted molar refractivity (Wildman–Crippen MR) is 136 cm³/mol. The number of nitrogens with zero attached hydrogens (tertiary/aromatic N) is 6. The number of H-pyrrole nitrogens is 1. The molecule has 0 spiro atoms. The van der Waals surface area contributed by atoms with Crippen LogP contribution in [-0.4, -0.2) is 34.7 Å². The minimum Gasteiger partial charge on any atom is -0.290 e. The highest BCUT2D eigenvalue weighted by atomic mass is 35.5. The fourth-order valence-corrected chi connectivity index (χ4v) is 4.52. The van der Waals surface area contributed by atoms with Gasteiger partial charge < -0.3 is 0 Å². The highest BCUT2D eigenvalue weighted by Crippen LogP contribution is 2.28. The molecule has 9 heteroatoms. The summed E-state index contributed by atoms with van der Waals surface area (Å²) in [4.78, 5) is 18.0. The Hall–Kier alpha value is -4.04. The SMILES string of the molecule is CCCCc1c(Cl)n(-c2ccccc2)c(=O)n1Cc1ccc(-c2ncccc2-c2nnn[nH]2)cc1. The van der Waals surface area contributed by atoms with Crippen molar-refractivity contribution in [2.45, 2.75) is 32.7 Å². The lowest BCUT2D eigenvalue weighted by Gasteiger charge is -2.09. The monoisotopic (exact) mass is 485 g/mol. The van der Waals surface area contributed by atoms with E-state index >= 15 is 0 Å². The van der Waals surface area contributed by atoms with Gasteiger partial charge in [0.15, 0.2) is 5.82 Å². The molecule has 0 radical (unpaired) electrons. The second kappa shape index (κ2) is 10.1. The van der Waals surface area contributed by atoms with Gasteiger partial charge >= 0.3 is 5.69 Å². The number of para-hydroxylation sites is 1. The molecular formula is C26H24ClN7O. The summed E-state index contributed by atoms with van der Waals surface area (Å²) in [6.07, 6.45) is 4.45. The second-order valence-electron chi connectivity index (χ2n) is 8.23. The van der Waals surface area contributed by atoms with Gasteiger partial charge in [0.25, 0.3) is 0 Å². The lowest BCUT2D eigenvalue weighted by Crippen LogP contribution is -2.24. The molecule has 8 nitrogen and oxygen atoms in total. The number of rotatable bonds is 8. The molecule has 0 aliphatic carbocycles. The third-order valence-electron chi connectivity index (χ3n) is 5.94. The van der Waals surface area contributed by atoms with Crippen LogP contribution in [-0.2, 0) is 13.0 Å². The molecule has 0 saturated carbocycles. The number of hydrogen-bond acceptors (Lipinski definition) is 5. The normalized spacial score (nSPS) is 11.1. The van der Waals surface area contributed by atoms with Crippen LogP contribution >= 0.6 is 11.6 Å². The van der Waals surface area contributed by atoms with Crippen LogP contribution in [0.5, 0.6) is 0 Å². The van der Waals surface area contributed by atoms with Gasteiger partial charge in [-0.05, 0) is 53.1 Å². The molecule has 5 aromatic rings. The van der Waals surface area contributed by atoms with Crippen molar-refractivity contribution in [3.05, 3.63) is 99.8 Å². The van der Waals surface area contributed by atoms with Crippen molar-refractivity contribution in [1.82, 2.24) is 34.7 Å². The van der Waals surface area contributed by atoms with Gasteiger partial charge in [-0.1, -0.05) is 67.4 Å². The Morgan fingerprint density at radius 1 is 1.00 bits per heavy atom. The van der Waals surface area contributed by atoms with Gasteiger partial charge in [0.2, 0.25) is 0 Å². The molecule has 35 heavy (non-hydrogen) atoms. The smallest absolute Gasteiger partial charge is 0.290 e. The zero-order valence-corrected chi connectivity index (χ0v) is 20.0. The maximum atomic E-state index is 13.5. The van der Waals surface area contributed by atoms with E-state index in [1.165, 1.54) is 0 Å². The molecule has 0 bridgehead atoms. The van der Waals surface area contributed by atoms with E-state index in [4.69, 9.17) is 11.6 Å². The van der Waals surface area contributed by atoms with E-state index in [1.54, 1.807) is 15.3 Å². The Kier molecular flexibility index (Phi) is 6.54. The van der Waals surface area contributed by atoms with Gasteiger partial charge in [-0.3, -0.25) is 14.1 Å². The lowest BCUT2D eigenvalue weighted by molar-refractivity contribution is 0.674. The third-order valence-corrected chi connectivity index (χ3v) is 6.33. The zero-order valence-electron chi connectivity index (χ0n) is 19.2. The predicted octanol–water partition coefficient (Wildman–Crippen LogP) is 4.93. The maximum Gasteiger partial charge on any atom is 0.334 e. The quantitative estimate of drug-likeness (QED) is 0.336. The van der Waals surface area contributed by atoms with Crippen LogP contribution in [0.2, 0.25) is 5.15 Å². The second-order valence-corrected chi connectivity index (χ2v) is 8.59. The van der Waals surface area contributed by atoms with Crippen LogP contribution < -0.4 is 5.69 Å². The first kappa shape index (κ1) is 22.7. The first-order valence-corrected chi connectivity index (χ1v) is 11.9. The number of tetrazole rings is 1. The number of nitrogens with one attached hydrogen (secondary N) is 1. The van der Waals surface area contributed by atoms with Crippen LogP contribution in [0.4, 0.5) is 0 Å². The highest BCUT2D eigenvalue weighted by Gasteiger charge is 2.20. The third kappa shape index (κ3) is 4.52. The molecule has 3 heterocycles. The van der Waals surface area contributed by atoms with Gasteiger partial charge in [0.1, 0.15) is 5.15 Å². The van der Waals surface area contributed by atoms with Crippen molar-refractivity contribution in [2.24, 2.45) is 0 Å². The topological polar surface area (TPSA) is 94.3 Å². The number of halogens is 1. The molecule has 1 N–H and O–H groups in total. The first-order chi connectivity index (χ1) is 17.2. The lowest BCUT2D eigenvalue weighted by atomic mass is 10.0.